The monoisotopic (exact) mass is 605 g/mol. The third kappa shape index (κ3) is 6.48. The number of amides is 1. The highest BCUT2D eigenvalue weighted by atomic mass is 19.4. The number of piperazine rings is 1. The van der Waals surface area contributed by atoms with Gasteiger partial charge in [-0.25, -0.2) is 4.79 Å². The molecule has 0 radical (unpaired) electrons. The molecule has 4 aliphatic heterocycles. The minimum atomic E-state index is -5.79. The van der Waals surface area contributed by atoms with E-state index in [9.17, 15) is 44.3 Å². The fourth-order valence-corrected chi connectivity index (χ4v) is 6.23. The maximum absolute atomic E-state index is 13.5. The Morgan fingerprint density at radius 2 is 1.51 bits per heavy atom. The van der Waals surface area contributed by atoms with Gasteiger partial charge in [0, 0.05) is 50.2 Å². The van der Waals surface area contributed by atoms with Crippen molar-refractivity contribution < 1.29 is 58.3 Å². The normalized spacial score (nSPS) is 25.4. The van der Waals surface area contributed by atoms with Gasteiger partial charge in [-0.05, 0) is 17.7 Å². The van der Waals surface area contributed by atoms with Crippen molar-refractivity contribution in [2.45, 2.75) is 31.2 Å². The molecule has 7 nitrogen and oxygen atoms in total. The fraction of sp³-hybridized carbons (Fsp3) is 0.720. The average molecular weight is 606 g/mol. The van der Waals surface area contributed by atoms with Crippen molar-refractivity contribution in [3.63, 3.8) is 0 Å². The first-order valence-electron chi connectivity index (χ1n) is 13.2. The topological polar surface area (TPSA) is 45.2 Å². The second-order valence-electron chi connectivity index (χ2n) is 11.3. The number of quaternary nitrogens is 1. The molecule has 0 saturated carbocycles. The summed E-state index contributed by atoms with van der Waals surface area (Å²) in [6, 6.07) is 3.75. The highest BCUT2D eigenvalue weighted by Gasteiger charge is 2.60. The Balaban J connectivity index is 1.21. The van der Waals surface area contributed by atoms with E-state index in [0.29, 0.717) is 75.7 Å². The lowest BCUT2D eigenvalue weighted by Crippen LogP contribution is -2.59. The molecule has 0 aliphatic carbocycles. The van der Waals surface area contributed by atoms with Crippen molar-refractivity contribution >= 4 is 11.8 Å². The summed E-state index contributed by atoms with van der Waals surface area (Å²) in [6.45, 7) is 4.86. The molecule has 0 aromatic heterocycles. The Bertz CT molecular complexity index is 1090. The van der Waals surface area contributed by atoms with E-state index in [2.05, 4.69) is 9.64 Å². The Hall–Kier alpha value is -2.46. The molecule has 2 unspecified atom stereocenters. The lowest BCUT2D eigenvalue weighted by atomic mass is 10.0. The summed E-state index contributed by atoms with van der Waals surface area (Å²) >= 11 is 0. The van der Waals surface area contributed by atoms with E-state index in [-0.39, 0.29) is 25.0 Å². The number of ether oxygens (including phenoxy) is 2. The van der Waals surface area contributed by atoms with Crippen LogP contribution in [-0.2, 0) is 22.2 Å². The molecule has 0 bridgehead atoms. The van der Waals surface area contributed by atoms with E-state index in [1.54, 1.807) is 0 Å². The average Bonchev–Trinajstić information content (AvgIpc) is 3.58. The van der Waals surface area contributed by atoms with Crippen molar-refractivity contribution in [3.8, 4) is 0 Å². The van der Waals surface area contributed by atoms with Gasteiger partial charge in [-0.2, -0.15) is 39.5 Å². The van der Waals surface area contributed by atoms with Crippen LogP contribution in [0.1, 0.15) is 11.1 Å². The van der Waals surface area contributed by atoms with Crippen LogP contribution in [0.4, 0.5) is 50.0 Å². The number of alkyl halides is 9. The predicted octanol–water partition coefficient (Wildman–Crippen LogP) is 4.32. The molecule has 230 valence electrons. The zero-order valence-electron chi connectivity index (χ0n) is 21.9. The molecular formula is C25H30F9N4O3+. The van der Waals surface area contributed by atoms with E-state index in [0.717, 1.165) is 16.5 Å². The lowest BCUT2D eigenvalue weighted by molar-refractivity contribution is -0.924. The number of fused-ring (bicyclic) bond motifs is 1. The maximum Gasteiger partial charge on any atom is 0.434 e. The van der Waals surface area contributed by atoms with Gasteiger partial charge >= 0.3 is 24.6 Å². The SMILES string of the molecule is O=C(OC(C(F)(F)F)C(F)(F)F)N1CC[N+]2(CCN(Cc3ccc(C(F)(F)F)cc3N3CC4COCC4C3)CC2)C1. The molecule has 4 heterocycles. The number of anilines is 1. The molecule has 4 saturated heterocycles. The largest absolute Gasteiger partial charge is 0.434 e. The molecule has 4 fully saturated rings. The van der Waals surface area contributed by atoms with Crippen LogP contribution in [0.15, 0.2) is 18.2 Å². The Morgan fingerprint density at radius 3 is 2.07 bits per heavy atom. The summed E-state index contributed by atoms with van der Waals surface area (Å²) in [7, 11) is 0. The van der Waals surface area contributed by atoms with E-state index in [1.807, 2.05) is 4.90 Å². The van der Waals surface area contributed by atoms with Gasteiger partial charge in [0.15, 0.2) is 6.67 Å². The summed E-state index contributed by atoms with van der Waals surface area (Å²) in [6.07, 6.45) is -21.9. The van der Waals surface area contributed by atoms with E-state index in [4.69, 9.17) is 4.74 Å². The van der Waals surface area contributed by atoms with Gasteiger partial charge in [-0.15, -0.1) is 0 Å². The second-order valence-corrected chi connectivity index (χ2v) is 11.3. The fourth-order valence-electron chi connectivity index (χ4n) is 6.23. The molecule has 41 heavy (non-hydrogen) atoms. The number of carbonyl (C=O) groups excluding carboxylic acids is 1. The Kier molecular flexibility index (Phi) is 7.81. The summed E-state index contributed by atoms with van der Waals surface area (Å²) in [5.41, 5.74) is 0.544. The van der Waals surface area contributed by atoms with Crippen LogP contribution in [0.3, 0.4) is 0 Å². The van der Waals surface area contributed by atoms with Crippen molar-refractivity contribution in [3.05, 3.63) is 29.3 Å². The van der Waals surface area contributed by atoms with Crippen LogP contribution in [0.25, 0.3) is 0 Å². The Labute approximate surface area is 229 Å². The third-order valence-electron chi connectivity index (χ3n) is 8.56. The number of rotatable bonds is 4. The van der Waals surface area contributed by atoms with Gasteiger partial charge in [-0.1, -0.05) is 6.07 Å². The Morgan fingerprint density at radius 1 is 0.927 bits per heavy atom. The number of benzene rings is 1. The summed E-state index contributed by atoms with van der Waals surface area (Å²) < 4.78 is 127. The zero-order valence-corrected chi connectivity index (χ0v) is 21.9. The van der Waals surface area contributed by atoms with E-state index >= 15 is 0 Å². The summed E-state index contributed by atoms with van der Waals surface area (Å²) in [5.74, 6) is 0.535. The van der Waals surface area contributed by atoms with Crippen LogP contribution in [0.2, 0.25) is 0 Å². The van der Waals surface area contributed by atoms with E-state index in [1.165, 1.54) is 12.1 Å². The number of hydrogen-bond donors (Lipinski definition) is 0. The van der Waals surface area contributed by atoms with Crippen molar-refractivity contribution in [1.82, 2.24) is 9.80 Å². The quantitative estimate of drug-likeness (QED) is 0.378. The van der Waals surface area contributed by atoms with Gasteiger partial charge in [-0.3, -0.25) is 9.80 Å². The standard InChI is InChI=1S/C25H30F9N4O3/c26-23(27,28)19-2-1-16(20(9-19)37-11-17-13-40-14-18(17)12-37)10-35-3-6-38(7-4-35)8-5-36(15-38)22(39)41-21(24(29,30)31)25(32,33)34/h1-2,9,17-18,21H,3-8,10-15H2/q+1. The molecule has 5 rings (SSSR count). The molecule has 1 spiro atoms. The number of hydrogen-bond acceptors (Lipinski definition) is 5. The van der Waals surface area contributed by atoms with Crippen LogP contribution in [0.5, 0.6) is 0 Å². The van der Waals surface area contributed by atoms with Crippen LogP contribution >= 0.6 is 0 Å². The molecule has 1 amide bonds. The summed E-state index contributed by atoms with van der Waals surface area (Å²) in [4.78, 5) is 17.1. The molecule has 0 N–H and O–H groups in total. The third-order valence-corrected chi connectivity index (χ3v) is 8.56. The highest BCUT2D eigenvalue weighted by Crippen LogP contribution is 2.39. The molecule has 4 aliphatic rings. The van der Waals surface area contributed by atoms with Crippen LogP contribution < -0.4 is 4.90 Å². The van der Waals surface area contributed by atoms with Gasteiger partial charge in [0.05, 0.1) is 45.0 Å². The summed E-state index contributed by atoms with van der Waals surface area (Å²) in [5, 5.41) is 0. The number of nitrogens with zero attached hydrogens (tertiary/aromatic N) is 4. The smallest absolute Gasteiger partial charge is 0.426 e. The van der Waals surface area contributed by atoms with E-state index < -0.39 is 36.3 Å². The van der Waals surface area contributed by atoms with Gasteiger partial charge < -0.3 is 18.9 Å². The minimum Gasteiger partial charge on any atom is -0.426 e. The predicted molar refractivity (Wildman–Crippen MR) is 126 cm³/mol. The van der Waals surface area contributed by atoms with Gasteiger partial charge in [0.2, 0.25) is 0 Å². The van der Waals surface area contributed by atoms with Gasteiger partial charge in [0.25, 0.3) is 6.10 Å². The van der Waals surface area contributed by atoms with Crippen molar-refractivity contribution in [2.24, 2.45) is 11.8 Å². The van der Waals surface area contributed by atoms with Gasteiger partial charge in [0.1, 0.15) is 0 Å². The highest BCUT2D eigenvalue weighted by molar-refractivity contribution is 5.68. The first kappa shape index (κ1) is 30.0. The lowest BCUT2D eigenvalue weighted by Gasteiger charge is -2.42. The molecule has 1 aromatic rings. The number of halogens is 9. The maximum atomic E-state index is 13.5. The van der Waals surface area contributed by atoms with Crippen LogP contribution in [-0.4, -0.2) is 111 Å². The minimum absolute atomic E-state index is 0.0503. The second kappa shape index (κ2) is 10.7. The first-order valence-corrected chi connectivity index (χ1v) is 13.2. The molecule has 2 atom stereocenters. The number of carbonyl (C=O) groups is 1. The molecule has 16 heteroatoms. The van der Waals surface area contributed by atoms with Crippen molar-refractivity contribution in [1.29, 1.82) is 0 Å². The van der Waals surface area contributed by atoms with Crippen molar-refractivity contribution in [2.75, 3.05) is 77.1 Å². The zero-order chi connectivity index (χ0) is 29.8. The van der Waals surface area contributed by atoms with Crippen LogP contribution in [0, 0.1) is 11.8 Å². The molecular weight excluding hydrogens is 575 g/mol. The molecule has 1 aromatic carbocycles. The first-order chi connectivity index (χ1) is 19.0.